The van der Waals surface area contributed by atoms with E-state index in [1.807, 2.05) is 13.0 Å². The van der Waals surface area contributed by atoms with Gasteiger partial charge in [-0.3, -0.25) is 0 Å². The number of hydrogen-bond acceptors (Lipinski definition) is 1. The summed E-state index contributed by atoms with van der Waals surface area (Å²) in [7, 11) is 0. The summed E-state index contributed by atoms with van der Waals surface area (Å²) in [6.45, 7) is 2.59. The van der Waals surface area contributed by atoms with Gasteiger partial charge in [0.15, 0.2) is 0 Å². The average Bonchev–Trinajstić information content (AvgIpc) is 2.13. The average molecular weight is 246 g/mol. The normalized spacial score (nSPS) is 10.5. The second-order valence-electron chi connectivity index (χ2n) is 3.04. The molecular formula is C10H13BrFN. The molecule has 0 saturated carbocycles. The molecule has 1 rings (SSSR count). The van der Waals surface area contributed by atoms with Gasteiger partial charge in [-0.2, -0.15) is 0 Å². The van der Waals surface area contributed by atoms with Crippen molar-refractivity contribution in [3.8, 4) is 0 Å². The molecule has 0 unspecified atom stereocenters. The molecule has 0 aromatic heterocycles. The first-order chi connectivity index (χ1) is 6.16. The first-order valence-electron chi connectivity index (χ1n) is 4.30. The third-order valence-electron chi connectivity index (χ3n) is 2.10. The summed E-state index contributed by atoms with van der Waals surface area (Å²) in [4.78, 5) is 0. The monoisotopic (exact) mass is 245 g/mol. The lowest BCUT2D eigenvalue weighted by Crippen LogP contribution is -2.02. The highest BCUT2D eigenvalue weighted by molar-refractivity contribution is 9.10. The van der Waals surface area contributed by atoms with E-state index < -0.39 is 0 Å². The van der Waals surface area contributed by atoms with Gasteiger partial charge >= 0.3 is 0 Å². The molecule has 0 aliphatic heterocycles. The quantitative estimate of drug-likeness (QED) is 0.871. The van der Waals surface area contributed by atoms with Gasteiger partial charge in [0, 0.05) is 0 Å². The Bertz CT molecular complexity index is 299. The fraction of sp³-hybridized carbons (Fsp3) is 0.400. The van der Waals surface area contributed by atoms with Gasteiger partial charge in [0.25, 0.3) is 0 Å². The van der Waals surface area contributed by atoms with Gasteiger partial charge in [0.05, 0.1) is 4.47 Å². The number of halogens is 2. The largest absolute Gasteiger partial charge is 0.330 e. The third kappa shape index (κ3) is 2.51. The number of benzene rings is 1. The van der Waals surface area contributed by atoms with Gasteiger partial charge in [0.1, 0.15) is 5.82 Å². The Balaban J connectivity index is 2.90. The van der Waals surface area contributed by atoms with Crippen LogP contribution in [-0.4, -0.2) is 6.54 Å². The number of aryl methyl sites for hydroxylation is 1. The van der Waals surface area contributed by atoms with Crippen LogP contribution in [-0.2, 0) is 6.42 Å². The van der Waals surface area contributed by atoms with E-state index in [-0.39, 0.29) is 5.82 Å². The highest BCUT2D eigenvalue weighted by atomic mass is 79.9. The summed E-state index contributed by atoms with van der Waals surface area (Å²) < 4.78 is 13.6. The van der Waals surface area contributed by atoms with Crippen molar-refractivity contribution in [1.29, 1.82) is 0 Å². The van der Waals surface area contributed by atoms with Gasteiger partial charge in [-0.15, -0.1) is 0 Å². The van der Waals surface area contributed by atoms with Gasteiger partial charge < -0.3 is 5.73 Å². The van der Waals surface area contributed by atoms with Crippen LogP contribution in [0.4, 0.5) is 4.39 Å². The summed E-state index contributed by atoms with van der Waals surface area (Å²) in [5.74, 6) is -0.200. The molecule has 0 aliphatic carbocycles. The molecule has 0 fully saturated rings. The molecule has 1 nitrogen and oxygen atoms in total. The fourth-order valence-electron chi connectivity index (χ4n) is 1.26. The van der Waals surface area contributed by atoms with Gasteiger partial charge in [-0.05, 0) is 59.4 Å². The Morgan fingerprint density at radius 3 is 2.77 bits per heavy atom. The van der Waals surface area contributed by atoms with Crippen LogP contribution in [0.1, 0.15) is 17.5 Å². The maximum atomic E-state index is 13.0. The second kappa shape index (κ2) is 4.72. The molecule has 1 aromatic rings. The topological polar surface area (TPSA) is 26.0 Å². The standard InChI is InChI=1S/C10H13BrFN/c1-7-8(3-2-6-13)4-5-9(12)10(7)11/h4-5H,2-3,6,13H2,1H3. The molecule has 0 atom stereocenters. The van der Waals surface area contributed by atoms with Crippen molar-refractivity contribution in [3.63, 3.8) is 0 Å². The lowest BCUT2D eigenvalue weighted by Gasteiger charge is -2.07. The molecule has 2 N–H and O–H groups in total. The van der Waals surface area contributed by atoms with Crippen molar-refractivity contribution < 1.29 is 4.39 Å². The van der Waals surface area contributed by atoms with Crippen molar-refractivity contribution >= 4 is 15.9 Å². The zero-order chi connectivity index (χ0) is 9.84. The highest BCUT2D eigenvalue weighted by Gasteiger charge is 2.06. The van der Waals surface area contributed by atoms with E-state index in [0.717, 1.165) is 18.4 Å². The van der Waals surface area contributed by atoms with E-state index in [9.17, 15) is 4.39 Å². The van der Waals surface area contributed by atoms with E-state index in [1.54, 1.807) is 0 Å². The predicted octanol–water partition coefficient (Wildman–Crippen LogP) is 2.79. The maximum absolute atomic E-state index is 13.0. The van der Waals surface area contributed by atoms with Crippen molar-refractivity contribution in [2.75, 3.05) is 6.54 Å². The van der Waals surface area contributed by atoms with Gasteiger partial charge in [-0.25, -0.2) is 4.39 Å². The smallest absolute Gasteiger partial charge is 0.137 e. The van der Waals surface area contributed by atoms with E-state index in [2.05, 4.69) is 15.9 Å². The maximum Gasteiger partial charge on any atom is 0.137 e. The SMILES string of the molecule is Cc1c(CCCN)ccc(F)c1Br. The Kier molecular flexibility index (Phi) is 3.88. The molecule has 0 saturated heterocycles. The molecule has 0 bridgehead atoms. The summed E-state index contributed by atoms with van der Waals surface area (Å²) >= 11 is 3.22. The summed E-state index contributed by atoms with van der Waals surface area (Å²) in [6.07, 6.45) is 1.86. The molecule has 0 spiro atoms. The first kappa shape index (κ1) is 10.7. The highest BCUT2D eigenvalue weighted by Crippen LogP contribution is 2.23. The van der Waals surface area contributed by atoms with Gasteiger partial charge in [0.2, 0.25) is 0 Å². The van der Waals surface area contributed by atoms with Gasteiger partial charge in [-0.1, -0.05) is 6.07 Å². The number of hydrogen-bond donors (Lipinski definition) is 1. The van der Waals surface area contributed by atoms with Crippen molar-refractivity contribution in [2.45, 2.75) is 19.8 Å². The Hall–Kier alpha value is -0.410. The predicted molar refractivity (Wildman–Crippen MR) is 56.2 cm³/mol. The van der Waals surface area contributed by atoms with E-state index in [4.69, 9.17) is 5.73 Å². The lowest BCUT2D eigenvalue weighted by atomic mass is 10.0. The van der Waals surface area contributed by atoms with Crippen molar-refractivity contribution in [1.82, 2.24) is 0 Å². The summed E-state index contributed by atoms with van der Waals surface area (Å²) in [5, 5.41) is 0. The molecular weight excluding hydrogens is 233 g/mol. The number of rotatable bonds is 3. The van der Waals surface area contributed by atoms with Crippen LogP contribution in [0, 0.1) is 12.7 Å². The Morgan fingerprint density at radius 1 is 1.46 bits per heavy atom. The third-order valence-corrected chi connectivity index (χ3v) is 3.08. The minimum atomic E-state index is -0.200. The molecule has 13 heavy (non-hydrogen) atoms. The van der Waals surface area contributed by atoms with E-state index in [0.29, 0.717) is 11.0 Å². The van der Waals surface area contributed by atoms with Crippen molar-refractivity contribution in [2.24, 2.45) is 5.73 Å². The minimum Gasteiger partial charge on any atom is -0.330 e. The molecule has 1 aromatic carbocycles. The van der Waals surface area contributed by atoms with Crippen LogP contribution in [0.2, 0.25) is 0 Å². The lowest BCUT2D eigenvalue weighted by molar-refractivity contribution is 0.618. The van der Waals surface area contributed by atoms with Crippen LogP contribution >= 0.6 is 15.9 Å². The Labute approximate surface area is 86.3 Å². The zero-order valence-corrected chi connectivity index (χ0v) is 9.20. The molecule has 0 radical (unpaired) electrons. The zero-order valence-electron chi connectivity index (χ0n) is 7.61. The number of nitrogens with two attached hydrogens (primary N) is 1. The molecule has 0 amide bonds. The fourth-order valence-corrected chi connectivity index (χ4v) is 1.64. The Morgan fingerprint density at radius 2 is 2.15 bits per heavy atom. The molecule has 72 valence electrons. The van der Waals surface area contributed by atoms with Crippen LogP contribution in [0.3, 0.4) is 0 Å². The van der Waals surface area contributed by atoms with E-state index in [1.165, 1.54) is 11.6 Å². The van der Waals surface area contributed by atoms with Crippen LogP contribution in [0.15, 0.2) is 16.6 Å². The molecule has 3 heteroatoms. The van der Waals surface area contributed by atoms with Crippen molar-refractivity contribution in [3.05, 3.63) is 33.5 Å². The van der Waals surface area contributed by atoms with Crippen LogP contribution in [0.5, 0.6) is 0 Å². The summed E-state index contributed by atoms with van der Waals surface area (Å²) in [5.41, 5.74) is 7.55. The summed E-state index contributed by atoms with van der Waals surface area (Å²) in [6, 6.07) is 3.31. The second-order valence-corrected chi connectivity index (χ2v) is 3.83. The molecule has 0 heterocycles. The van der Waals surface area contributed by atoms with Crippen LogP contribution < -0.4 is 5.73 Å². The minimum absolute atomic E-state index is 0.200. The van der Waals surface area contributed by atoms with E-state index >= 15 is 0 Å². The van der Waals surface area contributed by atoms with Crippen LogP contribution in [0.25, 0.3) is 0 Å². The molecule has 0 aliphatic rings. The first-order valence-corrected chi connectivity index (χ1v) is 5.09.